The molecule has 1 aromatic heterocycles. The molecule has 0 radical (unpaired) electrons. The van der Waals surface area contributed by atoms with Crippen molar-refractivity contribution in [1.82, 2.24) is 19.7 Å². The van der Waals surface area contributed by atoms with Crippen molar-refractivity contribution < 1.29 is 9.18 Å². The number of amides is 1. The minimum absolute atomic E-state index is 0.0813. The fourth-order valence-corrected chi connectivity index (χ4v) is 3.45. The maximum Gasteiger partial charge on any atom is 0.295 e. The first-order valence-electron chi connectivity index (χ1n) is 9.41. The fraction of sp³-hybridized carbons (Fsp3) is 0.286. The van der Waals surface area contributed by atoms with Gasteiger partial charge in [-0.3, -0.25) is 9.69 Å². The van der Waals surface area contributed by atoms with Crippen molar-refractivity contribution in [3.05, 3.63) is 71.6 Å². The van der Waals surface area contributed by atoms with Gasteiger partial charge in [-0.1, -0.05) is 18.2 Å². The summed E-state index contributed by atoms with van der Waals surface area (Å²) in [4.78, 5) is 19.4. The minimum Gasteiger partial charge on any atom is -0.319 e. The van der Waals surface area contributed by atoms with Gasteiger partial charge in [0.2, 0.25) is 5.82 Å². The first-order chi connectivity index (χ1) is 13.6. The van der Waals surface area contributed by atoms with Crippen molar-refractivity contribution in [2.45, 2.75) is 26.3 Å². The third kappa shape index (κ3) is 3.94. The molecule has 0 saturated carbocycles. The number of nitrogens with zero attached hydrogens (tertiary/aromatic N) is 4. The largest absolute Gasteiger partial charge is 0.319 e. The molecule has 3 aromatic rings. The van der Waals surface area contributed by atoms with Crippen LogP contribution in [0.15, 0.2) is 48.5 Å². The number of nitrogens with one attached hydrogen (secondary N) is 1. The molecule has 2 heterocycles. The van der Waals surface area contributed by atoms with Gasteiger partial charge in [0.25, 0.3) is 5.91 Å². The Kier molecular flexibility index (Phi) is 5.16. The van der Waals surface area contributed by atoms with E-state index in [0.717, 1.165) is 30.9 Å². The van der Waals surface area contributed by atoms with Crippen LogP contribution < -0.4 is 5.32 Å². The van der Waals surface area contributed by atoms with Gasteiger partial charge in [0.15, 0.2) is 0 Å². The van der Waals surface area contributed by atoms with Crippen LogP contribution in [-0.2, 0) is 6.54 Å². The predicted octanol–water partition coefficient (Wildman–Crippen LogP) is 3.56. The molecule has 0 atom stereocenters. The maximum absolute atomic E-state index is 13.1. The normalized spacial score (nSPS) is 14.4. The second kappa shape index (κ2) is 7.90. The highest BCUT2D eigenvalue weighted by atomic mass is 19.1. The Morgan fingerprint density at radius 2 is 1.82 bits per heavy atom. The zero-order valence-corrected chi connectivity index (χ0v) is 15.7. The number of carbonyl (C=O) groups is 1. The van der Waals surface area contributed by atoms with Gasteiger partial charge in [0.1, 0.15) is 11.6 Å². The Balaban J connectivity index is 1.53. The average Bonchev–Trinajstić information content (AvgIpc) is 3.34. The number of carbonyl (C=O) groups excluding carboxylic acids is 1. The van der Waals surface area contributed by atoms with E-state index in [2.05, 4.69) is 20.3 Å². The molecule has 0 bridgehead atoms. The lowest BCUT2D eigenvalue weighted by atomic mass is 10.1. The fourth-order valence-electron chi connectivity index (χ4n) is 3.45. The molecule has 1 fully saturated rings. The van der Waals surface area contributed by atoms with Crippen molar-refractivity contribution in [3.8, 4) is 5.69 Å². The number of hydrogen-bond acceptors (Lipinski definition) is 4. The van der Waals surface area contributed by atoms with Crippen LogP contribution in [0.4, 0.5) is 10.1 Å². The number of rotatable bonds is 5. The highest BCUT2D eigenvalue weighted by Crippen LogP contribution is 2.20. The molecule has 1 amide bonds. The molecule has 1 aliphatic rings. The number of halogens is 1. The first-order valence-corrected chi connectivity index (χ1v) is 9.41. The second-order valence-corrected chi connectivity index (χ2v) is 6.97. The number of anilines is 1. The van der Waals surface area contributed by atoms with E-state index in [4.69, 9.17) is 0 Å². The summed E-state index contributed by atoms with van der Waals surface area (Å²) >= 11 is 0. The number of hydrogen-bond donors (Lipinski definition) is 1. The van der Waals surface area contributed by atoms with Crippen molar-refractivity contribution >= 4 is 11.6 Å². The SMILES string of the molecule is Cc1nc(C(=O)Nc2ccccc2CN2CCCC2)nn1-c1ccc(F)cc1. The van der Waals surface area contributed by atoms with Gasteiger partial charge in [-0.25, -0.2) is 14.1 Å². The van der Waals surface area contributed by atoms with Crippen LogP contribution in [0.3, 0.4) is 0 Å². The summed E-state index contributed by atoms with van der Waals surface area (Å²) in [5.41, 5.74) is 2.50. The van der Waals surface area contributed by atoms with E-state index in [0.29, 0.717) is 11.5 Å². The molecule has 1 aliphatic heterocycles. The third-order valence-electron chi connectivity index (χ3n) is 4.90. The summed E-state index contributed by atoms with van der Waals surface area (Å²) in [5.74, 6) is -0.0492. The lowest BCUT2D eigenvalue weighted by molar-refractivity contribution is 0.101. The Bertz CT molecular complexity index is 977. The van der Waals surface area contributed by atoms with Gasteiger partial charge in [0.05, 0.1) is 5.69 Å². The average molecular weight is 379 g/mol. The predicted molar refractivity (Wildman–Crippen MR) is 105 cm³/mol. The maximum atomic E-state index is 13.1. The van der Waals surface area contributed by atoms with E-state index in [1.165, 1.54) is 29.7 Å². The number of benzene rings is 2. The van der Waals surface area contributed by atoms with Crippen LogP contribution in [0.5, 0.6) is 0 Å². The summed E-state index contributed by atoms with van der Waals surface area (Å²) in [6, 6.07) is 13.7. The Morgan fingerprint density at radius 3 is 2.57 bits per heavy atom. The monoisotopic (exact) mass is 379 g/mol. The molecule has 0 spiro atoms. The Morgan fingerprint density at radius 1 is 1.11 bits per heavy atom. The second-order valence-electron chi connectivity index (χ2n) is 6.97. The molecule has 1 saturated heterocycles. The third-order valence-corrected chi connectivity index (χ3v) is 4.90. The molecular weight excluding hydrogens is 357 g/mol. The number of aromatic nitrogens is 3. The standard InChI is InChI=1S/C21H22FN5O/c1-15-23-20(25-27(15)18-10-8-17(22)9-11-18)21(28)24-19-7-3-2-6-16(19)14-26-12-4-5-13-26/h2-3,6-11H,4-5,12-14H2,1H3,(H,24,28). The Hall–Kier alpha value is -3.06. The highest BCUT2D eigenvalue weighted by Gasteiger charge is 2.18. The Labute approximate surface area is 163 Å². The number of likely N-dealkylation sites (tertiary alicyclic amines) is 1. The molecule has 2 aromatic carbocycles. The van der Waals surface area contributed by atoms with Gasteiger partial charge in [-0.05, 0) is 68.8 Å². The highest BCUT2D eigenvalue weighted by molar-refractivity contribution is 6.02. The van der Waals surface area contributed by atoms with Gasteiger partial charge in [-0.15, -0.1) is 5.10 Å². The smallest absolute Gasteiger partial charge is 0.295 e. The molecular formula is C21H22FN5O. The van der Waals surface area contributed by atoms with Gasteiger partial charge < -0.3 is 5.32 Å². The molecule has 0 unspecified atom stereocenters. The number of aryl methyl sites for hydroxylation is 1. The molecule has 7 heteroatoms. The minimum atomic E-state index is -0.363. The summed E-state index contributed by atoms with van der Waals surface area (Å²) in [6.45, 7) is 4.75. The molecule has 4 rings (SSSR count). The van der Waals surface area contributed by atoms with Gasteiger partial charge >= 0.3 is 0 Å². The topological polar surface area (TPSA) is 63.1 Å². The summed E-state index contributed by atoms with van der Waals surface area (Å²) in [5, 5.41) is 7.24. The van der Waals surface area contributed by atoms with E-state index < -0.39 is 0 Å². The van der Waals surface area contributed by atoms with Crippen LogP contribution in [0.1, 0.15) is 34.8 Å². The van der Waals surface area contributed by atoms with Crippen LogP contribution in [-0.4, -0.2) is 38.7 Å². The van der Waals surface area contributed by atoms with E-state index in [9.17, 15) is 9.18 Å². The zero-order chi connectivity index (χ0) is 19.5. The quantitative estimate of drug-likeness (QED) is 0.736. The zero-order valence-electron chi connectivity index (χ0n) is 15.7. The van der Waals surface area contributed by atoms with E-state index >= 15 is 0 Å². The van der Waals surface area contributed by atoms with Crippen molar-refractivity contribution in [2.24, 2.45) is 0 Å². The van der Waals surface area contributed by atoms with Crippen LogP contribution in [0.2, 0.25) is 0 Å². The van der Waals surface area contributed by atoms with E-state index in [-0.39, 0.29) is 17.5 Å². The van der Waals surface area contributed by atoms with E-state index in [1.54, 1.807) is 19.1 Å². The molecule has 6 nitrogen and oxygen atoms in total. The molecule has 0 aliphatic carbocycles. The first kappa shape index (κ1) is 18.3. The summed E-state index contributed by atoms with van der Waals surface area (Å²) < 4.78 is 14.7. The van der Waals surface area contributed by atoms with Crippen molar-refractivity contribution in [3.63, 3.8) is 0 Å². The lowest BCUT2D eigenvalue weighted by Gasteiger charge is -2.17. The van der Waals surface area contributed by atoms with E-state index in [1.807, 2.05) is 24.3 Å². The van der Waals surface area contributed by atoms with Crippen molar-refractivity contribution in [1.29, 1.82) is 0 Å². The van der Waals surface area contributed by atoms with Crippen LogP contribution in [0, 0.1) is 12.7 Å². The molecule has 1 N–H and O–H groups in total. The molecule has 28 heavy (non-hydrogen) atoms. The van der Waals surface area contributed by atoms with Crippen molar-refractivity contribution in [2.75, 3.05) is 18.4 Å². The van der Waals surface area contributed by atoms with Gasteiger partial charge in [-0.2, -0.15) is 0 Å². The lowest BCUT2D eigenvalue weighted by Crippen LogP contribution is -2.21. The van der Waals surface area contributed by atoms with Crippen LogP contribution in [0.25, 0.3) is 5.69 Å². The summed E-state index contributed by atoms with van der Waals surface area (Å²) in [6.07, 6.45) is 2.44. The van der Waals surface area contributed by atoms with Crippen LogP contribution >= 0.6 is 0 Å². The van der Waals surface area contributed by atoms with Gasteiger partial charge in [0, 0.05) is 12.2 Å². The molecule has 144 valence electrons. The summed E-state index contributed by atoms with van der Waals surface area (Å²) in [7, 11) is 0. The number of para-hydroxylation sites is 1.